The zero-order valence-electron chi connectivity index (χ0n) is 19.8. The Balaban J connectivity index is 2.43. The number of halogens is 1. The van der Waals surface area contributed by atoms with Gasteiger partial charge in [0.2, 0.25) is 0 Å². The van der Waals surface area contributed by atoms with Crippen LogP contribution in [0.5, 0.6) is 11.5 Å². The maximum atomic E-state index is 13.2. The summed E-state index contributed by atoms with van der Waals surface area (Å²) in [5.41, 5.74) is 3.55. The van der Waals surface area contributed by atoms with Gasteiger partial charge in [-0.2, -0.15) is 0 Å². The topological polar surface area (TPSA) is 72.8 Å². The number of carboxylic acids is 1. The van der Waals surface area contributed by atoms with Crippen LogP contribution in [0, 0.1) is 5.82 Å². The van der Waals surface area contributed by atoms with Gasteiger partial charge in [-0.15, -0.1) is 0 Å². The second-order valence-corrected chi connectivity index (χ2v) is 8.11. The van der Waals surface area contributed by atoms with E-state index in [9.17, 15) is 19.1 Å². The number of ether oxygens (including phenoxy) is 2. The highest BCUT2D eigenvalue weighted by Crippen LogP contribution is 2.37. The number of carbonyl (C=O) groups excluding carboxylic acids is 1. The Bertz CT molecular complexity index is 1060. The monoisotopic (exact) mass is 454 g/mol. The Kier molecular flexibility index (Phi) is 9.40. The number of Topliss-reactive ketones (excluding diaryl/α,β-unsaturated/α-hetero) is 1. The highest BCUT2D eigenvalue weighted by atomic mass is 19.1. The van der Waals surface area contributed by atoms with Gasteiger partial charge in [0.25, 0.3) is 0 Å². The van der Waals surface area contributed by atoms with Gasteiger partial charge in [0.05, 0.1) is 14.2 Å². The summed E-state index contributed by atoms with van der Waals surface area (Å²) in [5.74, 6) is -1.34. The van der Waals surface area contributed by atoms with Crippen LogP contribution in [0.3, 0.4) is 0 Å². The van der Waals surface area contributed by atoms with Crippen molar-refractivity contribution in [2.45, 2.75) is 46.5 Å². The molecule has 6 heteroatoms. The molecule has 0 amide bonds. The van der Waals surface area contributed by atoms with Crippen LogP contribution in [-0.4, -0.2) is 31.1 Å². The third kappa shape index (κ3) is 7.04. The molecule has 0 saturated carbocycles. The summed E-state index contributed by atoms with van der Waals surface area (Å²) in [7, 11) is 2.90. The average molecular weight is 455 g/mol. The van der Waals surface area contributed by atoms with Crippen LogP contribution in [0.25, 0.3) is 0 Å². The van der Waals surface area contributed by atoms with Crippen molar-refractivity contribution < 1.29 is 28.6 Å². The van der Waals surface area contributed by atoms with Crippen molar-refractivity contribution in [3.05, 3.63) is 81.7 Å². The molecule has 0 heterocycles. The van der Waals surface area contributed by atoms with E-state index in [1.807, 2.05) is 13.0 Å². The first-order valence-electron chi connectivity index (χ1n) is 10.8. The number of allylic oxidation sites excluding steroid dienone is 4. The molecule has 2 aromatic rings. The lowest BCUT2D eigenvalue weighted by molar-refractivity contribution is 0.0692. The molecular weight excluding hydrogens is 423 g/mol. The molecule has 0 atom stereocenters. The molecule has 0 aromatic heterocycles. The number of rotatable bonds is 11. The van der Waals surface area contributed by atoms with Gasteiger partial charge in [-0.25, -0.2) is 9.18 Å². The van der Waals surface area contributed by atoms with Crippen molar-refractivity contribution in [1.82, 2.24) is 0 Å². The van der Waals surface area contributed by atoms with Gasteiger partial charge in [0.1, 0.15) is 22.9 Å². The molecule has 0 unspecified atom stereocenters. The second kappa shape index (κ2) is 12.0. The maximum Gasteiger partial charge on any atom is 0.339 e. The minimum atomic E-state index is -1.19. The standard InChI is InChI=1S/C27H31FO5/c1-17(2)7-6-8-18(3)9-14-22-24(32-4)16-20(25(27(30)31)26(22)33-5)15-23(29)19-10-12-21(28)13-11-19/h7,9-13,16H,6,8,14-15H2,1-5H3,(H,30,31)/b18-9+. The molecule has 1 N–H and O–H groups in total. The van der Waals surface area contributed by atoms with E-state index >= 15 is 0 Å². The van der Waals surface area contributed by atoms with E-state index < -0.39 is 11.8 Å². The molecule has 0 fully saturated rings. The number of hydrogen-bond donors (Lipinski definition) is 1. The van der Waals surface area contributed by atoms with E-state index in [4.69, 9.17) is 9.47 Å². The van der Waals surface area contributed by atoms with Crippen molar-refractivity contribution in [3.63, 3.8) is 0 Å². The molecule has 33 heavy (non-hydrogen) atoms. The van der Waals surface area contributed by atoms with Gasteiger partial charge < -0.3 is 14.6 Å². The van der Waals surface area contributed by atoms with Gasteiger partial charge in [-0.1, -0.05) is 23.3 Å². The molecule has 0 saturated heterocycles. The van der Waals surface area contributed by atoms with Crippen molar-refractivity contribution in [2.24, 2.45) is 0 Å². The maximum absolute atomic E-state index is 13.2. The minimum absolute atomic E-state index is 0.0700. The molecule has 0 aliphatic heterocycles. The molecule has 0 aliphatic carbocycles. The van der Waals surface area contributed by atoms with Gasteiger partial charge in [0.15, 0.2) is 5.78 Å². The molecule has 176 valence electrons. The van der Waals surface area contributed by atoms with Crippen LogP contribution in [-0.2, 0) is 12.8 Å². The molecule has 2 aromatic carbocycles. The number of carboxylic acid groups (broad SMARTS) is 1. The largest absolute Gasteiger partial charge is 0.496 e. The number of methoxy groups -OCH3 is 2. The SMILES string of the molecule is COc1cc(CC(=O)c2ccc(F)cc2)c(C(=O)O)c(OC)c1C/C=C(\C)CCC=C(C)C. The average Bonchev–Trinajstić information content (AvgIpc) is 2.77. The summed E-state index contributed by atoms with van der Waals surface area (Å²) in [5, 5.41) is 9.93. The molecule has 0 radical (unpaired) electrons. The summed E-state index contributed by atoms with van der Waals surface area (Å²) in [4.78, 5) is 24.9. The lowest BCUT2D eigenvalue weighted by Crippen LogP contribution is -2.13. The Morgan fingerprint density at radius 3 is 2.24 bits per heavy atom. The number of carbonyl (C=O) groups is 2. The number of ketones is 1. The fourth-order valence-corrected chi connectivity index (χ4v) is 3.58. The summed E-state index contributed by atoms with van der Waals surface area (Å²) in [6.07, 6.45) is 6.29. The zero-order chi connectivity index (χ0) is 24.5. The highest BCUT2D eigenvalue weighted by molar-refractivity contribution is 6.01. The first kappa shape index (κ1) is 25.8. The third-order valence-electron chi connectivity index (χ3n) is 5.33. The Morgan fingerprint density at radius 2 is 1.70 bits per heavy atom. The summed E-state index contributed by atoms with van der Waals surface area (Å²) < 4.78 is 24.2. The van der Waals surface area contributed by atoms with E-state index in [0.29, 0.717) is 23.3 Å². The minimum Gasteiger partial charge on any atom is -0.496 e. The van der Waals surface area contributed by atoms with Crippen LogP contribution in [0.2, 0.25) is 0 Å². The predicted molar refractivity (Wildman–Crippen MR) is 127 cm³/mol. The Labute approximate surface area is 194 Å². The molecular formula is C27H31FO5. The molecule has 2 rings (SSSR count). The van der Waals surface area contributed by atoms with Crippen molar-refractivity contribution in [3.8, 4) is 11.5 Å². The van der Waals surface area contributed by atoms with E-state index in [1.54, 1.807) is 6.07 Å². The highest BCUT2D eigenvalue weighted by Gasteiger charge is 2.25. The summed E-state index contributed by atoms with van der Waals surface area (Å²) >= 11 is 0. The van der Waals surface area contributed by atoms with Crippen LogP contribution < -0.4 is 9.47 Å². The van der Waals surface area contributed by atoms with Gasteiger partial charge in [0, 0.05) is 17.5 Å². The van der Waals surface area contributed by atoms with Gasteiger partial charge in [-0.05, 0) is 75.9 Å². The van der Waals surface area contributed by atoms with Gasteiger partial charge in [-0.3, -0.25) is 4.79 Å². The first-order valence-corrected chi connectivity index (χ1v) is 10.8. The fourth-order valence-electron chi connectivity index (χ4n) is 3.58. The van der Waals surface area contributed by atoms with Gasteiger partial charge >= 0.3 is 5.97 Å². The van der Waals surface area contributed by atoms with Crippen LogP contribution >= 0.6 is 0 Å². The van der Waals surface area contributed by atoms with E-state index in [2.05, 4.69) is 19.9 Å². The molecule has 0 spiro atoms. The predicted octanol–water partition coefficient (Wildman–Crippen LogP) is 6.20. The fraction of sp³-hybridized carbons (Fsp3) is 0.333. The van der Waals surface area contributed by atoms with Crippen LogP contribution in [0.15, 0.2) is 53.6 Å². The normalized spacial score (nSPS) is 11.2. The number of hydrogen-bond acceptors (Lipinski definition) is 4. The molecule has 0 aliphatic rings. The lowest BCUT2D eigenvalue weighted by Gasteiger charge is -2.18. The molecule has 0 bridgehead atoms. The summed E-state index contributed by atoms with van der Waals surface area (Å²) in [6.45, 7) is 6.15. The zero-order valence-corrected chi connectivity index (χ0v) is 19.8. The third-order valence-corrected chi connectivity index (χ3v) is 5.33. The van der Waals surface area contributed by atoms with Crippen molar-refractivity contribution in [2.75, 3.05) is 14.2 Å². The summed E-state index contributed by atoms with van der Waals surface area (Å²) in [6, 6.07) is 6.73. The second-order valence-electron chi connectivity index (χ2n) is 8.11. The van der Waals surface area contributed by atoms with E-state index in [-0.39, 0.29) is 29.1 Å². The van der Waals surface area contributed by atoms with Crippen LogP contribution in [0.1, 0.15) is 65.5 Å². The van der Waals surface area contributed by atoms with E-state index in [0.717, 1.165) is 12.8 Å². The quantitative estimate of drug-likeness (QED) is 0.323. The number of aromatic carboxylic acids is 1. The Hall–Kier alpha value is -3.41. The molecule has 5 nitrogen and oxygen atoms in total. The van der Waals surface area contributed by atoms with E-state index in [1.165, 1.54) is 49.6 Å². The van der Waals surface area contributed by atoms with Crippen molar-refractivity contribution >= 4 is 11.8 Å². The van der Waals surface area contributed by atoms with Crippen molar-refractivity contribution in [1.29, 1.82) is 0 Å². The smallest absolute Gasteiger partial charge is 0.339 e. The van der Waals surface area contributed by atoms with Crippen LogP contribution in [0.4, 0.5) is 4.39 Å². The lowest BCUT2D eigenvalue weighted by atomic mass is 9.93. The number of benzene rings is 2. The first-order chi connectivity index (χ1) is 15.7. The Morgan fingerprint density at radius 1 is 1.03 bits per heavy atom.